The van der Waals surface area contributed by atoms with Crippen molar-refractivity contribution >= 4 is 68.2 Å². The van der Waals surface area contributed by atoms with Crippen molar-refractivity contribution in [1.29, 1.82) is 0 Å². The van der Waals surface area contributed by atoms with E-state index < -0.39 is 42.4 Å². The molecule has 44 heavy (non-hydrogen) atoms. The molecule has 0 atom stereocenters. The van der Waals surface area contributed by atoms with E-state index in [1.54, 1.807) is 0 Å². The topological polar surface area (TPSA) is 239 Å². The summed E-state index contributed by atoms with van der Waals surface area (Å²) in [4.78, 5) is 44.7. The highest BCUT2D eigenvalue weighted by atomic mass is 16.6. The summed E-state index contributed by atoms with van der Waals surface area (Å²) < 4.78 is 10.7. The van der Waals surface area contributed by atoms with Gasteiger partial charge >= 0.3 is 0 Å². The van der Waals surface area contributed by atoms with Gasteiger partial charge in [-0.05, 0) is 48.5 Å². The van der Waals surface area contributed by atoms with Crippen LogP contribution < -0.4 is 30.7 Å². The molecule has 0 saturated heterocycles. The number of rotatable bonds is 6. The molecule has 0 unspecified atom stereocenters. The average molecular weight is 604 g/mol. The van der Waals surface area contributed by atoms with Gasteiger partial charge in [-0.15, -0.1) is 0 Å². The smallest absolute Gasteiger partial charge is 0.299 e. The average Bonchev–Trinajstić information content (AvgIpc) is 2.96. The Morgan fingerprint density at radius 2 is 0.773 bits per heavy atom. The zero-order valence-electron chi connectivity index (χ0n) is 22.6. The third-order valence-corrected chi connectivity index (χ3v) is 6.51. The monoisotopic (exact) mass is 604 g/mol. The van der Waals surface area contributed by atoms with Crippen molar-refractivity contribution in [2.24, 2.45) is 0 Å². The van der Waals surface area contributed by atoms with E-state index in [9.17, 15) is 40.5 Å². The molecule has 0 fully saturated rings. The van der Waals surface area contributed by atoms with Crippen LogP contribution in [0.5, 0.6) is 11.5 Å². The zero-order chi connectivity index (χ0) is 31.7. The Morgan fingerprint density at radius 3 is 1.07 bits per heavy atom. The molecule has 0 spiro atoms. The van der Waals surface area contributed by atoms with E-state index in [-0.39, 0.29) is 57.0 Å². The zero-order valence-corrected chi connectivity index (χ0v) is 22.6. The van der Waals surface area contributed by atoms with Crippen molar-refractivity contribution in [3.63, 3.8) is 0 Å². The summed E-state index contributed by atoms with van der Waals surface area (Å²) in [7, 11) is 2.69. The number of benzene rings is 4. The van der Waals surface area contributed by atoms with E-state index in [1.165, 1.54) is 62.8 Å². The number of hydrogen-bond donors (Lipinski definition) is 4. The van der Waals surface area contributed by atoms with Crippen LogP contribution in [0.2, 0.25) is 0 Å². The lowest BCUT2D eigenvalue weighted by atomic mass is 10.1. The minimum atomic E-state index is -0.789. The van der Waals surface area contributed by atoms with Gasteiger partial charge in [0.25, 0.3) is 22.7 Å². The molecule has 0 amide bonds. The van der Waals surface area contributed by atoms with Gasteiger partial charge in [0.05, 0.1) is 57.4 Å². The number of hydrogen-bond acceptors (Lipinski definition) is 14. The van der Waals surface area contributed by atoms with E-state index >= 15 is 0 Å². The summed E-state index contributed by atoms with van der Waals surface area (Å²) in [6.07, 6.45) is 0. The van der Waals surface area contributed by atoms with E-state index in [4.69, 9.17) is 9.47 Å². The van der Waals surface area contributed by atoms with Gasteiger partial charge in [-0.3, -0.25) is 40.5 Å². The fourth-order valence-electron chi connectivity index (χ4n) is 4.53. The number of anilines is 8. The number of methoxy groups -OCH3 is 2. The standard InChI is InChI=1S/C26H20N8O10/c1-43-25-5-3-13-7-19(25)29-17-9-15(21(31(35)36)11-23(17)33(39)40)28-14-4-6-26(44-2)20(8-14)30-18-10-16(27-13)22(32(37)38)12-24(18)34(41)42/h3-12,27-30H,1-2H3. The summed E-state index contributed by atoms with van der Waals surface area (Å²) in [6.45, 7) is 0. The first kappa shape index (κ1) is 28.8. The fourth-order valence-corrected chi connectivity index (χ4v) is 4.53. The third kappa shape index (κ3) is 5.44. The first-order valence-corrected chi connectivity index (χ1v) is 12.4. The van der Waals surface area contributed by atoms with Gasteiger partial charge in [0, 0.05) is 11.4 Å². The Hall–Kier alpha value is -6.72. The number of nitrogens with zero attached hydrogens (tertiary/aromatic N) is 4. The van der Waals surface area contributed by atoms with Crippen molar-refractivity contribution < 1.29 is 29.2 Å². The van der Waals surface area contributed by atoms with Crippen LogP contribution in [0.15, 0.2) is 60.7 Å². The molecule has 0 aromatic heterocycles. The van der Waals surface area contributed by atoms with Crippen molar-refractivity contribution in [3.8, 4) is 11.5 Å². The Balaban J connectivity index is 1.82. The van der Waals surface area contributed by atoms with Gasteiger partial charge < -0.3 is 30.7 Å². The van der Waals surface area contributed by atoms with Gasteiger partial charge in [0.2, 0.25) is 0 Å². The number of fused-ring (bicyclic) bond motifs is 8. The van der Waals surface area contributed by atoms with Gasteiger partial charge in [-0.25, -0.2) is 0 Å². The number of nitro groups is 4. The van der Waals surface area contributed by atoms with Gasteiger partial charge in [0.15, 0.2) is 0 Å². The lowest BCUT2D eigenvalue weighted by Crippen LogP contribution is -2.06. The largest absolute Gasteiger partial charge is 0.495 e. The lowest BCUT2D eigenvalue weighted by Gasteiger charge is -2.18. The molecule has 0 aliphatic carbocycles. The van der Waals surface area contributed by atoms with Gasteiger partial charge in [-0.2, -0.15) is 0 Å². The molecule has 4 aromatic rings. The Labute approximate surface area is 245 Å². The predicted molar refractivity (Wildman–Crippen MR) is 159 cm³/mol. The molecular formula is C26H20N8O10. The summed E-state index contributed by atoms with van der Waals surface area (Å²) in [6, 6.07) is 12.7. The molecule has 1 aliphatic heterocycles. The maximum atomic E-state index is 12.0. The molecule has 0 saturated carbocycles. The Morgan fingerprint density at radius 1 is 0.455 bits per heavy atom. The lowest BCUT2D eigenvalue weighted by molar-refractivity contribution is -0.393. The van der Waals surface area contributed by atoms with Crippen LogP contribution in [-0.2, 0) is 0 Å². The second kappa shape index (κ2) is 11.3. The minimum Gasteiger partial charge on any atom is -0.495 e. The number of nitro benzene ring substituents is 4. The maximum Gasteiger partial charge on any atom is 0.299 e. The third-order valence-electron chi connectivity index (χ3n) is 6.51. The predicted octanol–water partition coefficient (Wildman–Crippen LogP) is 6.62. The molecule has 224 valence electrons. The highest BCUT2D eigenvalue weighted by molar-refractivity contribution is 5.88. The summed E-state index contributed by atoms with van der Waals surface area (Å²) in [5.74, 6) is 0.415. The summed E-state index contributed by atoms with van der Waals surface area (Å²) in [5.41, 5.74) is -2.19. The van der Waals surface area contributed by atoms with E-state index in [1.807, 2.05) is 0 Å². The maximum absolute atomic E-state index is 12.0. The molecule has 4 aromatic carbocycles. The van der Waals surface area contributed by atoms with Gasteiger partial charge in [-0.1, -0.05) is 0 Å². The molecule has 1 heterocycles. The Kier molecular flexibility index (Phi) is 7.38. The molecule has 8 bridgehead atoms. The highest BCUT2D eigenvalue weighted by Crippen LogP contribution is 2.44. The molecule has 5 rings (SSSR count). The summed E-state index contributed by atoms with van der Waals surface area (Å²) in [5, 5.41) is 59.3. The highest BCUT2D eigenvalue weighted by Gasteiger charge is 2.28. The quantitative estimate of drug-likeness (QED) is 0.118. The molecule has 18 nitrogen and oxygen atoms in total. The van der Waals surface area contributed by atoms with Crippen LogP contribution in [0.1, 0.15) is 0 Å². The molecule has 4 N–H and O–H groups in total. The Bertz CT molecular complexity index is 1750. The van der Waals surface area contributed by atoms with Crippen molar-refractivity contribution in [2.45, 2.75) is 0 Å². The van der Waals surface area contributed by atoms with Crippen LogP contribution in [0, 0.1) is 40.5 Å². The van der Waals surface area contributed by atoms with E-state index in [0.29, 0.717) is 0 Å². The van der Waals surface area contributed by atoms with Gasteiger partial charge in [0.1, 0.15) is 34.2 Å². The second-order valence-electron chi connectivity index (χ2n) is 9.13. The molecule has 18 heteroatoms. The van der Waals surface area contributed by atoms with Crippen LogP contribution in [0.4, 0.5) is 68.2 Å². The van der Waals surface area contributed by atoms with E-state index in [2.05, 4.69) is 21.3 Å². The summed E-state index contributed by atoms with van der Waals surface area (Å²) >= 11 is 0. The first-order chi connectivity index (χ1) is 21.0. The second-order valence-corrected chi connectivity index (χ2v) is 9.13. The first-order valence-electron chi connectivity index (χ1n) is 12.4. The van der Waals surface area contributed by atoms with E-state index in [0.717, 1.165) is 12.1 Å². The molecule has 1 aliphatic rings. The van der Waals surface area contributed by atoms with Crippen molar-refractivity contribution in [2.75, 3.05) is 35.5 Å². The SMILES string of the molecule is COc1ccc2cc1Nc1cc(c([N+](=O)[O-])cc1[N+](=O)[O-])Nc1ccc(OC)c(c1)Nc1cc(c([N+](=O)[O-])cc1[N+](=O)[O-])N2. The fraction of sp³-hybridized carbons (Fsp3) is 0.0769. The van der Waals surface area contributed by atoms with Crippen LogP contribution >= 0.6 is 0 Å². The normalized spacial score (nSPS) is 11.5. The number of nitrogens with one attached hydrogen (secondary N) is 4. The minimum absolute atomic E-state index is 0.122. The van der Waals surface area contributed by atoms with Crippen molar-refractivity contribution in [3.05, 3.63) is 101 Å². The molecular weight excluding hydrogens is 584 g/mol. The van der Waals surface area contributed by atoms with Crippen LogP contribution in [0.25, 0.3) is 0 Å². The number of ether oxygens (including phenoxy) is 2. The molecule has 0 radical (unpaired) electrons. The van der Waals surface area contributed by atoms with Crippen LogP contribution in [0.3, 0.4) is 0 Å². The van der Waals surface area contributed by atoms with Crippen molar-refractivity contribution in [1.82, 2.24) is 0 Å². The van der Waals surface area contributed by atoms with Crippen LogP contribution in [-0.4, -0.2) is 33.9 Å².